The summed E-state index contributed by atoms with van der Waals surface area (Å²) in [5, 5.41) is 0. The maximum Gasteiger partial charge on any atom is 0.0760 e. The Balaban J connectivity index is 2.19. The first-order valence-corrected chi connectivity index (χ1v) is 7.43. The molecule has 1 fully saturated rings. The molecule has 0 atom stereocenters. The standard InChI is InChI=1S/C15H23BrN2O/c1-14(2)9-18(10-15(3,4)19-14)8-11-12(16)6-5-7-13(11)17/h5-7H,8-10,17H2,1-4H3. The average Bonchev–Trinajstić information content (AvgIpc) is 2.19. The van der Waals surface area contributed by atoms with Gasteiger partial charge in [-0.3, -0.25) is 4.90 Å². The molecule has 1 aliphatic heterocycles. The molecule has 0 aromatic heterocycles. The highest BCUT2D eigenvalue weighted by Gasteiger charge is 2.38. The molecule has 0 bridgehead atoms. The first-order chi connectivity index (χ1) is 8.69. The molecular weight excluding hydrogens is 304 g/mol. The minimum absolute atomic E-state index is 0.127. The molecule has 2 rings (SSSR count). The van der Waals surface area contributed by atoms with Gasteiger partial charge in [-0.2, -0.15) is 0 Å². The predicted octanol–water partition coefficient (Wildman–Crippen LogP) is 3.42. The lowest BCUT2D eigenvalue weighted by molar-refractivity contribution is -0.182. The number of hydrogen-bond donors (Lipinski definition) is 1. The van der Waals surface area contributed by atoms with E-state index in [0.29, 0.717) is 0 Å². The number of nitrogens with zero attached hydrogens (tertiary/aromatic N) is 1. The van der Waals surface area contributed by atoms with Gasteiger partial charge >= 0.3 is 0 Å². The van der Waals surface area contributed by atoms with Gasteiger partial charge in [-0.15, -0.1) is 0 Å². The van der Waals surface area contributed by atoms with Crippen molar-refractivity contribution in [1.82, 2.24) is 4.90 Å². The summed E-state index contributed by atoms with van der Waals surface area (Å²) in [4.78, 5) is 2.42. The van der Waals surface area contributed by atoms with Crippen LogP contribution in [-0.4, -0.2) is 29.2 Å². The van der Waals surface area contributed by atoms with Gasteiger partial charge in [0.15, 0.2) is 0 Å². The molecule has 1 saturated heterocycles. The molecule has 1 heterocycles. The highest BCUT2D eigenvalue weighted by atomic mass is 79.9. The van der Waals surface area contributed by atoms with Crippen molar-refractivity contribution in [1.29, 1.82) is 0 Å². The van der Waals surface area contributed by atoms with Crippen molar-refractivity contribution in [3.8, 4) is 0 Å². The molecular formula is C15H23BrN2O. The van der Waals surface area contributed by atoms with Crippen LogP contribution < -0.4 is 5.73 Å². The number of morpholine rings is 1. The molecule has 4 heteroatoms. The molecule has 19 heavy (non-hydrogen) atoms. The third kappa shape index (κ3) is 3.71. The van der Waals surface area contributed by atoms with Gasteiger partial charge in [0.2, 0.25) is 0 Å². The Bertz CT molecular complexity index is 435. The molecule has 0 radical (unpaired) electrons. The smallest absolute Gasteiger partial charge is 0.0760 e. The minimum atomic E-state index is -0.127. The predicted molar refractivity (Wildman–Crippen MR) is 83.1 cm³/mol. The van der Waals surface area contributed by atoms with Gasteiger partial charge in [0, 0.05) is 35.4 Å². The number of nitrogen functional groups attached to an aromatic ring is 1. The first kappa shape index (κ1) is 14.8. The monoisotopic (exact) mass is 326 g/mol. The van der Waals surface area contributed by atoms with Crippen LogP contribution in [0.2, 0.25) is 0 Å². The third-order valence-electron chi connectivity index (χ3n) is 3.30. The molecule has 1 aromatic rings. The van der Waals surface area contributed by atoms with Crippen molar-refractivity contribution in [3.05, 3.63) is 28.2 Å². The molecule has 106 valence electrons. The van der Waals surface area contributed by atoms with Crippen molar-refractivity contribution in [2.45, 2.75) is 45.4 Å². The van der Waals surface area contributed by atoms with E-state index in [0.717, 1.165) is 35.4 Å². The number of anilines is 1. The van der Waals surface area contributed by atoms with E-state index in [1.54, 1.807) is 0 Å². The van der Waals surface area contributed by atoms with Crippen LogP contribution in [0.5, 0.6) is 0 Å². The lowest BCUT2D eigenvalue weighted by atomic mass is 9.98. The van der Waals surface area contributed by atoms with Crippen LogP contribution in [0.15, 0.2) is 22.7 Å². The molecule has 3 nitrogen and oxygen atoms in total. The molecule has 2 N–H and O–H groups in total. The number of hydrogen-bond acceptors (Lipinski definition) is 3. The maximum absolute atomic E-state index is 6.10. The van der Waals surface area contributed by atoms with Crippen LogP contribution in [-0.2, 0) is 11.3 Å². The summed E-state index contributed by atoms with van der Waals surface area (Å²) in [5.74, 6) is 0. The van der Waals surface area contributed by atoms with Crippen LogP contribution in [0.25, 0.3) is 0 Å². The van der Waals surface area contributed by atoms with Gasteiger partial charge in [-0.05, 0) is 39.8 Å². The number of rotatable bonds is 2. The third-order valence-corrected chi connectivity index (χ3v) is 4.04. The largest absolute Gasteiger partial charge is 0.398 e. The van der Waals surface area contributed by atoms with Crippen molar-refractivity contribution < 1.29 is 4.74 Å². The van der Waals surface area contributed by atoms with Crippen molar-refractivity contribution >= 4 is 21.6 Å². The molecule has 1 aromatic carbocycles. The van der Waals surface area contributed by atoms with E-state index < -0.39 is 0 Å². The summed E-state index contributed by atoms with van der Waals surface area (Å²) >= 11 is 3.59. The van der Waals surface area contributed by atoms with E-state index in [1.807, 2.05) is 18.2 Å². The van der Waals surface area contributed by atoms with E-state index in [1.165, 1.54) is 0 Å². The van der Waals surface area contributed by atoms with E-state index >= 15 is 0 Å². The van der Waals surface area contributed by atoms with Crippen LogP contribution in [0.1, 0.15) is 33.3 Å². The zero-order valence-corrected chi connectivity index (χ0v) is 13.8. The second-order valence-electron chi connectivity index (χ2n) is 6.57. The van der Waals surface area contributed by atoms with Gasteiger partial charge in [-0.25, -0.2) is 0 Å². The van der Waals surface area contributed by atoms with Gasteiger partial charge in [0.05, 0.1) is 11.2 Å². The second-order valence-corrected chi connectivity index (χ2v) is 7.43. The molecule has 0 amide bonds. The Hall–Kier alpha value is -0.580. The minimum Gasteiger partial charge on any atom is -0.398 e. The Kier molecular flexibility index (Phi) is 3.96. The Morgan fingerprint density at radius 2 is 1.79 bits per heavy atom. The topological polar surface area (TPSA) is 38.5 Å². The summed E-state index contributed by atoms with van der Waals surface area (Å²) < 4.78 is 7.18. The molecule has 0 saturated carbocycles. The number of benzene rings is 1. The SMILES string of the molecule is CC1(C)CN(Cc2c(N)cccc2Br)CC(C)(C)O1. The highest BCUT2D eigenvalue weighted by molar-refractivity contribution is 9.10. The zero-order valence-electron chi connectivity index (χ0n) is 12.2. The van der Waals surface area contributed by atoms with Crippen LogP contribution in [0, 0.1) is 0 Å². The van der Waals surface area contributed by atoms with Crippen LogP contribution in [0.3, 0.4) is 0 Å². The van der Waals surface area contributed by atoms with E-state index in [9.17, 15) is 0 Å². The van der Waals surface area contributed by atoms with Gasteiger partial charge < -0.3 is 10.5 Å². The van der Waals surface area contributed by atoms with Gasteiger partial charge in [-0.1, -0.05) is 22.0 Å². The Labute approximate surface area is 124 Å². The second kappa shape index (κ2) is 5.08. The number of halogens is 1. The van der Waals surface area contributed by atoms with Crippen molar-refractivity contribution in [2.24, 2.45) is 0 Å². The highest BCUT2D eigenvalue weighted by Crippen LogP contribution is 2.31. The normalized spacial score (nSPS) is 22.4. The fourth-order valence-corrected chi connectivity index (χ4v) is 3.53. The Morgan fingerprint density at radius 3 is 2.32 bits per heavy atom. The van der Waals surface area contributed by atoms with E-state index in [-0.39, 0.29) is 11.2 Å². The summed E-state index contributed by atoms with van der Waals surface area (Å²) in [7, 11) is 0. The fourth-order valence-electron chi connectivity index (χ4n) is 3.02. The number of nitrogens with two attached hydrogens (primary N) is 1. The fraction of sp³-hybridized carbons (Fsp3) is 0.600. The summed E-state index contributed by atoms with van der Waals surface area (Å²) in [6.45, 7) is 11.3. The van der Waals surface area contributed by atoms with Crippen LogP contribution >= 0.6 is 15.9 Å². The van der Waals surface area contributed by atoms with E-state index in [4.69, 9.17) is 10.5 Å². The molecule has 0 spiro atoms. The molecule has 0 unspecified atom stereocenters. The summed E-state index contributed by atoms with van der Waals surface area (Å²) in [6, 6.07) is 5.97. The quantitative estimate of drug-likeness (QED) is 0.846. The summed E-state index contributed by atoms with van der Waals surface area (Å²) in [6.07, 6.45) is 0. The van der Waals surface area contributed by atoms with Crippen LogP contribution in [0.4, 0.5) is 5.69 Å². The average molecular weight is 327 g/mol. The van der Waals surface area contributed by atoms with Gasteiger partial charge in [0.25, 0.3) is 0 Å². The Morgan fingerprint density at radius 1 is 1.21 bits per heavy atom. The van der Waals surface area contributed by atoms with E-state index in [2.05, 4.69) is 48.5 Å². The lowest BCUT2D eigenvalue weighted by Crippen LogP contribution is -2.56. The maximum atomic E-state index is 6.10. The van der Waals surface area contributed by atoms with Crippen molar-refractivity contribution in [2.75, 3.05) is 18.8 Å². The summed E-state index contributed by atoms with van der Waals surface area (Å²) in [5.41, 5.74) is 7.84. The molecule has 0 aliphatic carbocycles. The van der Waals surface area contributed by atoms with Gasteiger partial charge in [0.1, 0.15) is 0 Å². The zero-order chi connectivity index (χ0) is 14.3. The molecule has 1 aliphatic rings. The van der Waals surface area contributed by atoms with Crippen molar-refractivity contribution in [3.63, 3.8) is 0 Å². The lowest BCUT2D eigenvalue weighted by Gasteiger charge is -2.47. The number of ether oxygens (including phenoxy) is 1. The first-order valence-electron chi connectivity index (χ1n) is 6.64.